The molecule has 0 bridgehead atoms. The van der Waals surface area contributed by atoms with Crippen LogP contribution in [0.25, 0.3) is 0 Å². The van der Waals surface area contributed by atoms with Gasteiger partial charge in [0.05, 0.1) is 12.6 Å². The molecule has 1 N–H and O–H groups in total. The number of ether oxygens (including phenoxy) is 2. The first-order valence-corrected chi connectivity index (χ1v) is 6.46. The highest BCUT2D eigenvalue weighted by molar-refractivity contribution is 5.85. The summed E-state index contributed by atoms with van der Waals surface area (Å²) in [5.41, 5.74) is -1.93. The highest BCUT2D eigenvalue weighted by atomic mass is 16.6. The molecule has 1 aliphatic rings. The van der Waals surface area contributed by atoms with Crippen molar-refractivity contribution in [2.75, 3.05) is 13.2 Å². The molecule has 0 aromatic rings. The van der Waals surface area contributed by atoms with Crippen molar-refractivity contribution in [2.45, 2.75) is 58.3 Å². The van der Waals surface area contributed by atoms with E-state index in [1.165, 1.54) is 11.8 Å². The van der Waals surface area contributed by atoms with E-state index in [1.54, 1.807) is 20.8 Å². The van der Waals surface area contributed by atoms with Crippen LogP contribution in [0.5, 0.6) is 0 Å². The number of carbonyl (C=O) groups excluding carboxylic acids is 1. The molecule has 0 aromatic heterocycles. The highest BCUT2D eigenvalue weighted by Gasteiger charge is 2.51. The lowest BCUT2D eigenvalue weighted by atomic mass is 9.99. The number of hydrogen-bond acceptors (Lipinski definition) is 4. The quantitative estimate of drug-likeness (QED) is 0.849. The minimum Gasteiger partial charge on any atom is -0.480 e. The zero-order valence-electron chi connectivity index (χ0n) is 12.2. The molecule has 1 heterocycles. The van der Waals surface area contributed by atoms with Crippen LogP contribution < -0.4 is 0 Å². The zero-order valence-corrected chi connectivity index (χ0v) is 12.2. The molecule has 0 aromatic carbocycles. The Hall–Kier alpha value is -1.30. The van der Waals surface area contributed by atoms with Gasteiger partial charge in [-0.2, -0.15) is 0 Å². The molecule has 1 rings (SSSR count). The van der Waals surface area contributed by atoms with Crippen molar-refractivity contribution in [2.24, 2.45) is 0 Å². The van der Waals surface area contributed by atoms with E-state index in [2.05, 4.69) is 0 Å². The Morgan fingerprint density at radius 1 is 1.42 bits per heavy atom. The van der Waals surface area contributed by atoms with Gasteiger partial charge in [-0.25, -0.2) is 9.59 Å². The molecule has 2 atom stereocenters. The normalized spacial score (nSPS) is 27.4. The summed E-state index contributed by atoms with van der Waals surface area (Å²) in [4.78, 5) is 24.8. The van der Waals surface area contributed by atoms with Gasteiger partial charge >= 0.3 is 12.1 Å². The monoisotopic (exact) mass is 273 g/mol. The van der Waals surface area contributed by atoms with Gasteiger partial charge in [-0.15, -0.1) is 0 Å². The van der Waals surface area contributed by atoms with Crippen LogP contribution in [0.4, 0.5) is 4.79 Å². The average Bonchev–Trinajstić information content (AvgIpc) is 2.55. The number of rotatable bonds is 3. The summed E-state index contributed by atoms with van der Waals surface area (Å²) >= 11 is 0. The molecule has 1 fully saturated rings. The molecular weight excluding hydrogens is 250 g/mol. The van der Waals surface area contributed by atoms with E-state index in [4.69, 9.17) is 9.47 Å². The van der Waals surface area contributed by atoms with E-state index in [9.17, 15) is 14.7 Å². The van der Waals surface area contributed by atoms with E-state index < -0.39 is 23.2 Å². The fourth-order valence-electron chi connectivity index (χ4n) is 2.17. The van der Waals surface area contributed by atoms with Crippen LogP contribution in [0.3, 0.4) is 0 Å². The lowest BCUT2D eigenvalue weighted by Gasteiger charge is -2.32. The standard InChI is InChI=1S/C13H23NO5/c1-6-18-9-7-13(5,10(15)16)14(8-9)11(17)19-12(2,3)4/h9H,6-8H2,1-5H3,(H,15,16)/t9-,13+/m1/s1. The van der Waals surface area contributed by atoms with Crippen molar-refractivity contribution in [3.05, 3.63) is 0 Å². The van der Waals surface area contributed by atoms with Crippen molar-refractivity contribution < 1.29 is 24.2 Å². The first-order valence-electron chi connectivity index (χ1n) is 6.46. The average molecular weight is 273 g/mol. The van der Waals surface area contributed by atoms with E-state index in [0.29, 0.717) is 6.61 Å². The number of carboxylic acids is 1. The molecule has 1 saturated heterocycles. The molecule has 0 spiro atoms. The van der Waals surface area contributed by atoms with Gasteiger partial charge in [0.1, 0.15) is 11.1 Å². The first-order chi connectivity index (χ1) is 8.60. The Morgan fingerprint density at radius 2 is 2.00 bits per heavy atom. The number of hydrogen-bond donors (Lipinski definition) is 1. The Kier molecular flexibility index (Phi) is 4.45. The minimum atomic E-state index is -1.28. The number of amides is 1. The molecular formula is C13H23NO5. The van der Waals surface area contributed by atoms with Crippen molar-refractivity contribution >= 4 is 12.1 Å². The summed E-state index contributed by atoms with van der Waals surface area (Å²) in [6, 6.07) is 0. The van der Waals surface area contributed by atoms with Gasteiger partial charge in [-0.3, -0.25) is 4.90 Å². The molecule has 0 unspecified atom stereocenters. The Labute approximate surface area is 113 Å². The molecule has 0 saturated carbocycles. The molecule has 6 nitrogen and oxygen atoms in total. The summed E-state index contributed by atoms with van der Waals surface area (Å²) in [5.74, 6) is -1.04. The second-order valence-corrected chi connectivity index (χ2v) is 5.95. The third-order valence-corrected chi connectivity index (χ3v) is 3.08. The maximum Gasteiger partial charge on any atom is 0.411 e. The largest absolute Gasteiger partial charge is 0.480 e. The van der Waals surface area contributed by atoms with Crippen LogP contribution in [0, 0.1) is 0 Å². The third kappa shape index (κ3) is 3.59. The van der Waals surface area contributed by atoms with E-state index >= 15 is 0 Å². The smallest absolute Gasteiger partial charge is 0.411 e. The van der Waals surface area contributed by atoms with E-state index in [-0.39, 0.29) is 19.1 Å². The predicted molar refractivity (Wildman–Crippen MR) is 69.0 cm³/mol. The van der Waals surface area contributed by atoms with Crippen LogP contribution in [0.2, 0.25) is 0 Å². The van der Waals surface area contributed by atoms with Gasteiger partial charge in [0.2, 0.25) is 0 Å². The number of nitrogens with zero attached hydrogens (tertiary/aromatic N) is 1. The second kappa shape index (κ2) is 5.36. The van der Waals surface area contributed by atoms with Crippen molar-refractivity contribution in [3.63, 3.8) is 0 Å². The molecule has 110 valence electrons. The van der Waals surface area contributed by atoms with Gasteiger partial charge in [0.15, 0.2) is 0 Å². The topological polar surface area (TPSA) is 76.1 Å². The zero-order chi connectivity index (χ0) is 14.8. The fraction of sp³-hybridized carbons (Fsp3) is 0.846. The SMILES string of the molecule is CCO[C@H]1CN(C(=O)OC(C)(C)C)[C@](C)(C(=O)O)C1. The van der Waals surface area contributed by atoms with E-state index in [1.807, 2.05) is 6.92 Å². The Morgan fingerprint density at radius 3 is 2.42 bits per heavy atom. The van der Waals surface area contributed by atoms with Crippen molar-refractivity contribution in [1.29, 1.82) is 0 Å². The summed E-state index contributed by atoms with van der Waals surface area (Å²) in [6.45, 7) is 9.35. The minimum absolute atomic E-state index is 0.242. The summed E-state index contributed by atoms with van der Waals surface area (Å²) in [5, 5.41) is 9.37. The van der Waals surface area contributed by atoms with Crippen molar-refractivity contribution in [1.82, 2.24) is 4.90 Å². The summed E-state index contributed by atoms with van der Waals surface area (Å²) in [7, 11) is 0. The van der Waals surface area contributed by atoms with Crippen LogP contribution in [0.1, 0.15) is 41.0 Å². The Bertz CT molecular complexity index is 363. The lowest BCUT2D eigenvalue weighted by molar-refractivity contribution is -0.148. The molecule has 6 heteroatoms. The molecule has 1 aliphatic heterocycles. The number of carboxylic acid groups (broad SMARTS) is 1. The fourth-order valence-corrected chi connectivity index (χ4v) is 2.17. The number of likely N-dealkylation sites (tertiary alicyclic amines) is 1. The first kappa shape index (κ1) is 15.8. The maximum absolute atomic E-state index is 12.1. The lowest BCUT2D eigenvalue weighted by Crippen LogP contribution is -2.52. The number of carbonyl (C=O) groups is 2. The maximum atomic E-state index is 12.1. The van der Waals surface area contributed by atoms with Gasteiger partial charge < -0.3 is 14.6 Å². The summed E-state index contributed by atoms with van der Waals surface area (Å²) in [6.07, 6.45) is -0.603. The molecule has 19 heavy (non-hydrogen) atoms. The van der Waals surface area contributed by atoms with Gasteiger partial charge in [-0.1, -0.05) is 0 Å². The second-order valence-electron chi connectivity index (χ2n) is 5.95. The van der Waals surface area contributed by atoms with Crippen LogP contribution in [-0.2, 0) is 14.3 Å². The highest BCUT2D eigenvalue weighted by Crippen LogP contribution is 2.32. The van der Waals surface area contributed by atoms with E-state index in [0.717, 1.165) is 0 Å². The molecule has 0 aliphatic carbocycles. The van der Waals surface area contributed by atoms with Gasteiger partial charge in [-0.05, 0) is 34.6 Å². The van der Waals surface area contributed by atoms with Gasteiger partial charge in [0, 0.05) is 13.0 Å². The summed E-state index contributed by atoms with van der Waals surface area (Å²) < 4.78 is 10.7. The van der Waals surface area contributed by atoms with Crippen LogP contribution in [0.15, 0.2) is 0 Å². The van der Waals surface area contributed by atoms with Crippen LogP contribution in [-0.4, -0.2) is 52.5 Å². The molecule has 1 amide bonds. The Balaban J connectivity index is 2.89. The molecule has 0 radical (unpaired) electrons. The van der Waals surface area contributed by atoms with Crippen LogP contribution >= 0.6 is 0 Å². The van der Waals surface area contributed by atoms with Crippen molar-refractivity contribution in [3.8, 4) is 0 Å². The predicted octanol–water partition coefficient (Wildman–Crippen LogP) is 1.88. The third-order valence-electron chi connectivity index (χ3n) is 3.08. The van der Waals surface area contributed by atoms with Gasteiger partial charge in [0.25, 0.3) is 0 Å². The number of aliphatic carboxylic acids is 1.